The van der Waals surface area contributed by atoms with Gasteiger partial charge in [-0.25, -0.2) is 4.98 Å². The molecule has 1 N–H and O–H groups in total. The maximum atomic E-state index is 11.0. The van der Waals surface area contributed by atoms with Crippen LogP contribution >= 0.6 is 0 Å². The Balaban J connectivity index is 1.47. The molecule has 0 radical (unpaired) electrons. The maximum absolute atomic E-state index is 11.0. The van der Waals surface area contributed by atoms with Crippen LogP contribution in [0.1, 0.15) is 19.4 Å². The fourth-order valence-electron chi connectivity index (χ4n) is 6.33. The molecule has 6 aromatic carbocycles. The topological polar surface area (TPSA) is 59.2 Å². The zero-order chi connectivity index (χ0) is 29.1. The van der Waals surface area contributed by atoms with Gasteiger partial charge in [-0.3, -0.25) is 0 Å². The molecule has 0 saturated heterocycles. The lowest BCUT2D eigenvalue weighted by Gasteiger charge is -2.21. The molecule has 43 heavy (non-hydrogen) atoms. The van der Waals surface area contributed by atoms with Gasteiger partial charge >= 0.3 is 0 Å². The third-order valence-corrected chi connectivity index (χ3v) is 8.29. The summed E-state index contributed by atoms with van der Waals surface area (Å²) in [5.41, 5.74) is 5.67. The molecule has 0 unspecified atom stereocenters. The lowest BCUT2D eigenvalue weighted by atomic mass is 9.89. The van der Waals surface area contributed by atoms with E-state index in [-0.39, 0.29) is 0 Å². The average Bonchev–Trinajstić information content (AvgIpc) is 3.43. The van der Waals surface area contributed by atoms with Crippen LogP contribution in [0.4, 0.5) is 0 Å². The second-order valence-corrected chi connectivity index (χ2v) is 11.5. The Morgan fingerprint density at radius 2 is 1.23 bits per heavy atom. The number of rotatable bonds is 4. The van der Waals surface area contributed by atoms with Gasteiger partial charge in [-0.05, 0) is 52.6 Å². The fraction of sp³-hybridized carbons (Fsp3) is 0.0769. The summed E-state index contributed by atoms with van der Waals surface area (Å²) in [6.07, 6.45) is 0. The first-order chi connectivity index (χ1) is 21.0. The standard InChI is InChI=1S/C39H28N2O2/c1-39(2,42)33-22-11-10-19-29(33)30-20-12-21-31-34-35(24-13-4-3-5-14-24)40-37(41-38(34)43-36(30)31)32-23-25-15-6-7-16-26(25)27-17-8-9-18-28(27)32/h3-23,42H,1-2H3. The average molecular weight is 557 g/mol. The summed E-state index contributed by atoms with van der Waals surface area (Å²) in [6.45, 7) is 3.62. The minimum atomic E-state index is -1.02. The number of aromatic nitrogens is 2. The van der Waals surface area contributed by atoms with E-state index < -0.39 is 5.60 Å². The monoisotopic (exact) mass is 556 g/mol. The van der Waals surface area contributed by atoms with Crippen molar-refractivity contribution in [3.05, 3.63) is 133 Å². The Labute approximate surface area is 248 Å². The van der Waals surface area contributed by atoms with E-state index in [0.717, 1.165) is 66.0 Å². The van der Waals surface area contributed by atoms with Gasteiger partial charge in [0, 0.05) is 22.1 Å². The second kappa shape index (κ2) is 9.62. The number of furan rings is 1. The van der Waals surface area contributed by atoms with Crippen molar-refractivity contribution in [2.24, 2.45) is 0 Å². The number of nitrogens with zero attached hydrogens (tertiary/aromatic N) is 2. The van der Waals surface area contributed by atoms with Crippen LogP contribution in [0.15, 0.2) is 132 Å². The first kappa shape index (κ1) is 25.4. The minimum absolute atomic E-state index is 0.532. The highest BCUT2D eigenvalue weighted by Gasteiger charge is 2.25. The predicted molar refractivity (Wildman–Crippen MR) is 176 cm³/mol. The van der Waals surface area contributed by atoms with E-state index >= 15 is 0 Å². The number of hydrogen-bond donors (Lipinski definition) is 1. The molecular weight excluding hydrogens is 528 g/mol. The van der Waals surface area contributed by atoms with Crippen LogP contribution in [0.2, 0.25) is 0 Å². The molecule has 0 amide bonds. The van der Waals surface area contributed by atoms with Gasteiger partial charge in [0.1, 0.15) is 5.58 Å². The van der Waals surface area contributed by atoms with Crippen molar-refractivity contribution in [1.29, 1.82) is 0 Å². The summed E-state index contributed by atoms with van der Waals surface area (Å²) in [7, 11) is 0. The number of benzene rings is 6. The lowest BCUT2D eigenvalue weighted by Crippen LogP contribution is -2.16. The zero-order valence-electron chi connectivity index (χ0n) is 23.9. The Kier molecular flexibility index (Phi) is 5.68. The zero-order valence-corrected chi connectivity index (χ0v) is 23.9. The smallest absolute Gasteiger partial charge is 0.231 e. The molecule has 0 aliphatic rings. The molecule has 0 aliphatic heterocycles. The van der Waals surface area contributed by atoms with Crippen LogP contribution in [0, 0.1) is 0 Å². The predicted octanol–water partition coefficient (Wildman–Crippen LogP) is 9.91. The number of fused-ring (bicyclic) bond motifs is 6. The maximum Gasteiger partial charge on any atom is 0.231 e. The van der Waals surface area contributed by atoms with Gasteiger partial charge in [0.2, 0.25) is 5.71 Å². The molecule has 0 atom stereocenters. The number of hydrogen-bond acceptors (Lipinski definition) is 4. The molecule has 4 heteroatoms. The molecule has 0 saturated carbocycles. The van der Waals surface area contributed by atoms with Gasteiger partial charge in [-0.1, -0.05) is 121 Å². The van der Waals surface area contributed by atoms with Crippen LogP contribution in [-0.4, -0.2) is 15.1 Å². The minimum Gasteiger partial charge on any atom is -0.437 e. The summed E-state index contributed by atoms with van der Waals surface area (Å²) in [5, 5.41) is 17.4. The van der Waals surface area contributed by atoms with Crippen molar-refractivity contribution in [3.63, 3.8) is 0 Å². The molecule has 206 valence electrons. The van der Waals surface area contributed by atoms with Crippen LogP contribution in [0.3, 0.4) is 0 Å². The molecule has 0 bridgehead atoms. The normalized spacial score (nSPS) is 12.1. The first-order valence-corrected chi connectivity index (χ1v) is 14.5. The van der Waals surface area contributed by atoms with Gasteiger partial charge in [0.05, 0.1) is 16.7 Å². The molecule has 0 spiro atoms. The summed E-state index contributed by atoms with van der Waals surface area (Å²) < 4.78 is 6.70. The number of aliphatic hydroxyl groups is 1. The van der Waals surface area contributed by atoms with Crippen molar-refractivity contribution in [1.82, 2.24) is 9.97 Å². The van der Waals surface area contributed by atoms with E-state index in [0.29, 0.717) is 11.5 Å². The molecule has 2 aromatic heterocycles. The van der Waals surface area contributed by atoms with Gasteiger partial charge in [0.25, 0.3) is 0 Å². The largest absolute Gasteiger partial charge is 0.437 e. The van der Waals surface area contributed by atoms with Gasteiger partial charge < -0.3 is 9.52 Å². The van der Waals surface area contributed by atoms with E-state index in [4.69, 9.17) is 14.4 Å². The third-order valence-electron chi connectivity index (χ3n) is 8.29. The summed E-state index contributed by atoms with van der Waals surface area (Å²) in [5.74, 6) is 0.616. The highest BCUT2D eigenvalue weighted by molar-refractivity contribution is 6.16. The van der Waals surface area contributed by atoms with Crippen LogP contribution in [0.5, 0.6) is 0 Å². The first-order valence-electron chi connectivity index (χ1n) is 14.5. The molecular formula is C39H28N2O2. The molecule has 8 rings (SSSR count). The quantitative estimate of drug-likeness (QED) is 0.219. The Morgan fingerprint density at radius 1 is 0.581 bits per heavy atom. The molecule has 4 nitrogen and oxygen atoms in total. The van der Waals surface area contributed by atoms with Crippen molar-refractivity contribution < 1.29 is 9.52 Å². The van der Waals surface area contributed by atoms with E-state index in [9.17, 15) is 5.11 Å². The number of para-hydroxylation sites is 1. The fourth-order valence-corrected chi connectivity index (χ4v) is 6.33. The highest BCUT2D eigenvalue weighted by Crippen LogP contribution is 2.43. The molecule has 0 aliphatic carbocycles. The summed E-state index contributed by atoms with van der Waals surface area (Å²) in [6, 6.07) is 43.4. The van der Waals surface area contributed by atoms with Gasteiger partial charge in [0.15, 0.2) is 5.82 Å². The Morgan fingerprint density at radius 3 is 2.05 bits per heavy atom. The van der Waals surface area contributed by atoms with E-state index in [1.54, 1.807) is 0 Å². The van der Waals surface area contributed by atoms with Crippen molar-refractivity contribution in [2.45, 2.75) is 19.4 Å². The third kappa shape index (κ3) is 4.10. The van der Waals surface area contributed by atoms with E-state index in [2.05, 4.69) is 72.8 Å². The Hall–Kier alpha value is -5.32. The van der Waals surface area contributed by atoms with Gasteiger partial charge in [-0.2, -0.15) is 4.98 Å². The van der Waals surface area contributed by atoms with Gasteiger partial charge in [-0.15, -0.1) is 0 Å². The second-order valence-electron chi connectivity index (χ2n) is 11.5. The van der Waals surface area contributed by atoms with Crippen LogP contribution < -0.4 is 0 Å². The highest BCUT2D eigenvalue weighted by atomic mass is 16.3. The van der Waals surface area contributed by atoms with Crippen LogP contribution in [-0.2, 0) is 5.60 Å². The summed E-state index contributed by atoms with van der Waals surface area (Å²) in [4.78, 5) is 10.4. The lowest BCUT2D eigenvalue weighted by molar-refractivity contribution is 0.0792. The van der Waals surface area contributed by atoms with E-state index in [1.807, 2.05) is 68.4 Å². The van der Waals surface area contributed by atoms with Crippen molar-refractivity contribution in [2.75, 3.05) is 0 Å². The van der Waals surface area contributed by atoms with Crippen molar-refractivity contribution in [3.8, 4) is 33.8 Å². The SMILES string of the molecule is CC(C)(O)c1ccccc1-c1cccc2c1oc1nc(-c3cc4ccccc4c4ccccc34)nc(-c3ccccc3)c12. The van der Waals surface area contributed by atoms with E-state index in [1.165, 1.54) is 5.39 Å². The van der Waals surface area contributed by atoms with Crippen LogP contribution in [0.25, 0.3) is 77.4 Å². The van der Waals surface area contributed by atoms with Crippen molar-refractivity contribution >= 4 is 43.6 Å². The Bertz CT molecular complexity index is 2330. The molecule has 8 aromatic rings. The molecule has 2 heterocycles. The summed E-state index contributed by atoms with van der Waals surface area (Å²) >= 11 is 0. The molecule has 0 fully saturated rings.